The number of pyridine rings is 1. The molecule has 1 rings (SSSR count). The lowest BCUT2D eigenvalue weighted by Crippen LogP contribution is -2.29. The molecular weight excluding hydrogens is 234 g/mol. The Morgan fingerprint density at radius 3 is 3.06 bits per heavy atom. The van der Waals surface area contributed by atoms with Gasteiger partial charge in [-0.15, -0.1) is 0 Å². The number of aromatic nitrogens is 1. The van der Waals surface area contributed by atoms with Gasteiger partial charge in [0, 0.05) is 24.8 Å². The number of carbonyl (C=O) groups is 1. The molecule has 0 saturated heterocycles. The molecule has 1 unspecified atom stereocenters. The van der Waals surface area contributed by atoms with Gasteiger partial charge in [-0.2, -0.15) is 11.8 Å². The van der Waals surface area contributed by atoms with Crippen molar-refractivity contribution in [3.8, 4) is 0 Å². The van der Waals surface area contributed by atoms with Gasteiger partial charge in [0.2, 0.25) is 0 Å². The van der Waals surface area contributed by atoms with Gasteiger partial charge in [0.1, 0.15) is 0 Å². The third-order valence-electron chi connectivity index (χ3n) is 2.35. The molecule has 17 heavy (non-hydrogen) atoms. The van der Waals surface area contributed by atoms with Crippen molar-refractivity contribution in [3.63, 3.8) is 0 Å². The molecule has 0 bridgehead atoms. The van der Waals surface area contributed by atoms with E-state index >= 15 is 0 Å². The van der Waals surface area contributed by atoms with Gasteiger partial charge in [-0.3, -0.25) is 9.78 Å². The molecule has 3 N–H and O–H groups in total. The van der Waals surface area contributed by atoms with E-state index in [1.54, 1.807) is 30.1 Å². The Morgan fingerprint density at radius 2 is 2.41 bits per heavy atom. The highest BCUT2D eigenvalue weighted by atomic mass is 32.2. The van der Waals surface area contributed by atoms with Gasteiger partial charge < -0.3 is 11.1 Å². The Balaban J connectivity index is 2.51. The number of rotatable bonds is 6. The second kappa shape index (κ2) is 7.29. The monoisotopic (exact) mass is 253 g/mol. The predicted molar refractivity (Wildman–Crippen MR) is 72.0 cm³/mol. The minimum absolute atomic E-state index is 0.0601. The molecule has 1 aromatic rings. The molecular formula is C12H19N3OS. The largest absolute Gasteiger partial charge is 0.352 e. The molecule has 4 nitrogen and oxygen atoms in total. The topological polar surface area (TPSA) is 68.0 Å². The maximum absolute atomic E-state index is 11.8. The van der Waals surface area contributed by atoms with Crippen molar-refractivity contribution >= 4 is 17.7 Å². The fourth-order valence-electron chi connectivity index (χ4n) is 1.44. The van der Waals surface area contributed by atoms with E-state index in [4.69, 9.17) is 5.73 Å². The second-order valence-electron chi connectivity index (χ2n) is 4.01. The summed E-state index contributed by atoms with van der Waals surface area (Å²) >= 11 is 1.79. The van der Waals surface area contributed by atoms with Gasteiger partial charge in [-0.1, -0.05) is 6.92 Å². The van der Waals surface area contributed by atoms with Gasteiger partial charge in [-0.25, -0.2) is 0 Å². The lowest BCUT2D eigenvalue weighted by molar-refractivity contribution is 0.0949. The Kier molecular flexibility index (Phi) is 6.00. The molecule has 1 atom stereocenters. The molecule has 0 aliphatic heterocycles. The van der Waals surface area contributed by atoms with E-state index in [9.17, 15) is 4.79 Å². The molecule has 1 heterocycles. The van der Waals surface area contributed by atoms with Crippen LogP contribution in [0.25, 0.3) is 0 Å². The van der Waals surface area contributed by atoms with E-state index in [0.717, 1.165) is 11.4 Å². The molecule has 94 valence electrons. The average molecular weight is 253 g/mol. The quantitative estimate of drug-likeness (QED) is 0.801. The lowest BCUT2D eigenvalue weighted by atomic mass is 10.2. The summed E-state index contributed by atoms with van der Waals surface area (Å²) in [4.78, 5) is 15.9. The number of nitrogens with zero attached hydrogens (tertiary/aromatic N) is 1. The maximum Gasteiger partial charge on any atom is 0.251 e. The van der Waals surface area contributed by atoms with E-state index in [1.165, 1.54) is 0 Å². The van der Waals surface area contributed by atoms with Crippen LogP contribution in [0.3, 0.4) is 0 Å². The first kappa shape index (κ1) is 14.0. The molecule has 0 aliphatic carbocycles. The molecule has 0 fully saturated rings. The van der Waals surface area contributed by atoms with E-state index < -0.39 is 0 Å². The van der Waals surface area contributed by atoms with Gasteiger partial charge in [0.25, 0.3) is 5.91 Å². The highest BCUT2D eigenvalue weighted by molar-refractivity contribution is 7.98. The summed E-state index contributed by atoms with van der Waals surface area (Å²) in [7, 11) is 0. The van der Waals surface area contributed by atoms with Crippen LogP contribution < -0.4 is 11.1 Å². The number of amides is 1. The van der Waals surface area contributed by atoms with Crippen molar-refractivity contribution in [1.82, 2.24) is 10.3 Å². The number of hydrogen-bond acceptors (Lipinski definition) is 4. The summed E-state index contributed by atoms with van der Waals surface area (Å²) < 4.78 is 0. The first-order chi connectivity index (χ1) is 8.17. The zero-order valence-electron chi connectivity index (χ0n) is 10.3. The Morgan fingerprint density at radius 1 is 1.65 bits per heavy atom. The minimum Gasteiger partial charge on any atom is -0.352 e. The van der Waals surface area contributed by atoms with E-state index in [0.29, 0.717) is 24.6 Å². The third kappa shape index (κ3) is 4.75. The van der Waals surface area contributed by atoms with Crippen molar-refractivity contribution in [1.29, 1.82) is 0 Å². The Bertz CT molecular complexity index is 371. The molecule has 0 saturated carbocycles. The molecule has 0 radical (unpaired) electrons. The summed E-state index contributed by atoms with van der Waals surface area (Å²) in [6.45, 7) is 3.17. The standard InChI is InChI=1S/C12H19N3OS/c1-9(8-17-2)7-15-12(16)10-3-4-14-11(5-10)6-13/h3-5,9H,6-8,13H2,1-2H3,(H,15,16). The highest BCUT2D eigenvalue weighted by Crippen LogP contribution is 2.04. The van der Waals surface area contributed by atoms with Crippen molar-refractivity contribution in [2.24, 2.45) is 11.7 Å². The third-order valence-corrected chi connectivity index (χ3v) is 3.25. The van der Waals surface area contributed by atoms with E-state index in [-0.39, 0.29) is 5.91 Å². The normalized spacial score (nSPS) is 12.2. The molecule has 0 aromatic carbocycles. The van der Waals surface area contributed by atoms with Crippen LogP contribution in [0.2, 0.25) is 0 Å². The predicted octanol–water partition coefficient (Wildman–Crippen LogP) is 1.27. The van der Waals surface area contributed by atoms with Crippen LogP contribution in [0.4, 0.5) is 0 Å². The van der Waals surface area contributed by atoms with Crippen LogP contribution in [-0.2, 0) is 6.54 Å². The average Bonchev–Trinajstić information content (AvgIpc) is 2.36. The minimum atomic E-state index is -0.0601. The highest BCUT2D eigenvalue weighted by Gasteiger charge is 2.08. The maximum atomic E-state index is 11.8. The van der Waals surface area contributed by atoms with Crippen LogP contribution in [0, 0.1) is 5.92 Å². The summed E-state index contributed by atoms with van der Waals surface area (Å²) in [6, 6.07) is 3.43. The Labute approximate surface area is 106 Å². The number of carbonyl (C=O) groups excluding carboxylic acids is 1. The fourth-order valence-corrected chi connectivity index (χ4v) is 2.13. The summed E-state index contributed by atoms with van der Waals surface area (Å²) in [5.74, 6) is 1.46. The van der Waals surface area contributed by atoms with Crippen LogP contribution in [-0.4, -0.2) is 29.4 Å². The summed E-state index contributed by atoms with van der Waals surface area (Å²) in [6.07, 6.45) is 3.68. The lowest BCUT2D eigenvalue weighted by Gasteiger charge is -2.11. The molecule has 0 aliphatic rings. The van der Waals surface area contributed by atoms with Crippen LogP contribution in [0.1, 0.15) is 23.0 Å². The second-order valence-corrected chi connectivity index (χ2v) is 4.92. The number of nitrogens with one attached hydrogen (secondary N) is 1. The van der Waals surface area contributed by atoms with Crippen molar-refractivity contribution in [2.75, 3.05) is 18.6 Å². The molecule has 0 spiro atoms. The van der Waals surface area contributed by atoms with Gasteiger partial charge in [0.15, 0.2) is 0 Å². The fraction of sp³-hybridized carbons (Fsp3) is 0.500. The number of hydrogen-bond donors (Lipinski definition) is 2. The van der Waals surface area contributed by atoms with Crippen molar-refractivity contribution in [2.45, 2.75) is 13.5 Å². The molecule has 1 aromatic heterocycles. The number of thioether (sulfide) groups is 1. The summed E-state index contributed by atoms with van der Waals surface area (Å²) in [5, 5.41) is 2.91. The zero-order chi connectivity index (χ0) is 12.7. The van der Waals surface area contributed by atoms with Crippen LogP contribution in [0.15, 0.2) is 18.3 Å². The molecule has 1 amide bonds. The zero-order valence-corrected chi connectivity index (χ0v) is 11.1. The smallest absolute Gasteiger partial charge is 0.251 e. The molecule has 5 heteroatoms. The van der Waals surface area contributed by atoms with E-state index in [2.05, 4.69) is 23.5 Å². The van der Waals surface area contributed by atoms with Crippen LogP contribution >= 0.6 is 11.8 Å². The SMILES string of the molecule is CSCC(C)CNC(=O)c1ccnc(CN)c1. The van der Waals surface area contributed by atoms with Gasteiger partial charge >= 0.3 is 0 Å². The van der Waals surface area contributed by atoms with E-state index in [1.807, 2.05) is 0 Å². The van der Waals surface area contributed by atoms with Crippen LogP contribution in [0.5, 0.6) is 0 Å². The van der Waals surface area contributed by atoms with Gasteiger partial charge in [0.05, 0.1) is 5.69 Å². The first-order valence-electron chi connectivity index (χ1n) is 5.59. The number of nitrogens with two attached hydrogens (primary N) is 1. The van der Waals surface area contributed by atoms with Crippen molar-refractivity contribution in [3.05, 3.63) is 29.6 Å². The summed E-state index contributed by atoms with van der Waals surface area (Å²) in [5.41, 5.74) is 6.84. The van der Waals surface area contributed by atoms with Crippen molar-refractivity contribution < 1.29 is 4.79 Å². The Hall–Kier alpha value is -1.07. The van der Waals surface area contributed by atoms with Gasteiger partial charge in [-0.05, 0) is 30.1 Å². The first-order valence-corrected chi connectivity index (χ1v) is 6.99.